The van der Waals surface area contributed by atoms with Gasteiger partial charge in [-0.05, 0) is 30.2 Å². The summed E-state index contributed by atoms with van der Waals surface area (Å²) in [6.45, 7) is 1.55. The molecule has 0 aromatic heterocycles. The minimum absolute atomic E-state index is 0.208. The summed E-state index contributed by atoms with van der Waals surface area (Å²) in [5, 5.41) is 3.31. The molecule has 0 heterocycles. The van der Waals surface area contributed by atoms with E-state index in [9.17, 15) is 4.39 Å². The first kappa shape index (κ1) is 13.6. The van der Waals surface area contributed by atoms with Crippen molar-refractivity contribution in [3.63, 3.8) is 0 Å². The molecule has 0 aliphatic rings. The normalized spacial score (nSPS) is 10.4. The van der Waals surface area contributed by atoms with Gasteiger partial charge in [0, 0.05) is 12.6 Å². The van der Waals surface area contributed by atoms with E-state index in [2.05, 4.69) is 17.4 Å². The Morgan fingerprint density at radius 1 is 1.11 bits per heavy atom. The zero-order chi connectivity index (χ0) is 13.5. The van der Waals surface area contributed by atoms with Gasteiger partial charge in [0.05, 0.1) is 7.11 Å². The third-order valence-corrected chi connectivity index (χ3v) is 3.00. The van der Waals surface area contributed by atoms with Gasteiger partial charge in [0.25, 0.3) is 0 Å². The van der Waals surface area contributed by atoms with Gasteiger partial charge in [-0.1, -0.05) is 36.4 Å². The van der Waals surface area contributed by atoms with E-state index in [0.29, 0.717) is 17.7 Å². The van der Waals surface area contributed by atoms with Crippen molar-refractivity contribution in [1.29, 1.82) is 0 Å². The molecular formula is C16H18FNO. The highest BCUT2D eigenvalue weighted by Crippen LogP contribution is 2.16. The van der Waals surface area contributed by atoms with Crippen LogP contribution in [0.2, 0.25) is 0 Å². The number of rotatable bonds is 6. The van der Waals surface area contributed by atoms with Gasteiger partial charge < -0.3 is 10.1 Å². The topological polar surface area (TPSA) is 21.3 Å². The number of hydrogen-bond donors (Lipinski definition) is 1. The third kappa shape index (κ3) is 4.07. The Morgan fingerprint density at radius 3 is 2.58 bits per heavy atom. The van der Waals surface area contributed by atoms with Crippen LogP contribution in [0.15, 0.2) is 48.5 Å². The number of nitrogens with one attached hydrogen (secondary N) is 1. The quantitative estimate of drug-likeness (QED) is 0.805. The predicted molar refractivity (Wildman–Crippen MR) is 74.8 cm³/mol. The smallest absolute Gasteiger partial charge is 0.130 e. The Labute approximate surface area is 113 Å². The first-order chi connectivity index (χ1) is 9.29. The highest BCUT2D eigenvalue weighted by Gasteiger charge is 2.03. The summed E-state index contributed by atoms with van der Waals surface area (Å²) in [6, 6.07) is 15.2. The molecule has 0 saturated carbocycles. The van der Waals surface area contributed by atoms with Gasteiger partial charge in [0.2, 0.25) is 0 Å². The van der Waals surface area contributed by atoms with E-state index in [4.69, 9.17) is 4.74 Å². The molecule has 0 bridgehead atoms. The van der Waals surface area contributed by atoms with E-state index in [1.165, 1.54) is 18.7 Å². The molecule has 0 unspecified atom stereocenters. The monoisotopic (exact) mass is 259 g/mol. The standard InChI is InChI=1S/C16H18FNO/c1-19-15-8-7-14(16(17)11-15)9-10-18-12-13-5-3-2-4-6-13/h2-8,11,18H,9-10,12H2,1H3. The molecule has 2 aromatic rings. The number of halogens is 1. The molecule has 1 N–H and O–H groups in total. The Bertz CT molecular complexity index is 513. The summed E-state index contributed by atoms with van der Waals surface area (Å²) in [5.74, 6) is 0.347. The molecule has 0 fully saturated rings. The molecule has 0 saturated heterocycles. The van der Waals surface area contributed by atoms with Crippen LogP contribution in [0.1, 0.15) is 11.1 Å². The average Bonchev–Trinajstić information content (AvgIpc) is 2.46. The molecule has 0 aliphatic carbocycles. The van der Waals surface area contributed by atoms with E-state index in [1.54, 1.807) is 12.1 Å². The van der Waals surface area contributed by atoms with E-state index < -0.39 is 0 Å². The molecule has 2 nitrogen and oxygen atoms in total. The maximum absolute atomic E-state index is 13.7. The molecule has 3 heteroatoms. The number of benzene rings is 2. The van der Waals surface area contributed by atoms with E-state index in [1.807, 2.05) is 18.2 Å². The fourth-order valence-electron chi connectivity index (χ4n) is 1.91. The van der Waals surface area contributed by atoms with Gasteiger partial charge in [-0.3, -0.25) is 0 Å². The zero-order valence-corrected chi connectivity index (χ0v) is 11.0. The second-order valence-corrected chi connectivity index (χ2v) is 4.37. The number of hydrogen-bond acceptors (Lipinski definition) is 2. The minimum Gasteiger partial charge on any atom is -0.497 e. The van der Waals surface area contributed by atoms with Crippen molar-refractivity contribution in [2.75, 3.05) is 13.7 Å². The van der Waals surface area contributed by atoms with Gasteiger partial charge in [0.15, 0.2) is 0 Å². The largest absolute Gasteiger partial charge is 0.497 e. The molecule has 0 atom stereocenters. The van der Waals surface area contributed by atoms with E-state index in [0.717, 1.165) is 13.1 Å². The molecule has 0 amide bonds. The lowest BCUT2D eigenvalue weighted by Crippen LogP contribution is -2.17. The summed E-state index contributed by atoms with van der Waals surface area (Å²) in [7, 11) is 1.54. The van der Waals surface area contributed by atoms with E-state index >= 15 is 0 Å². The van der Waals surface area contributed by atoms with Crippen molar-refractivity contribution in [1.82, 2.24) is 5.32 Å². The molecule has 2 rings (SSSR count). The van der Waals surface area contributed by atoms with Crippen LogP contribution >= 0.6 is 0 Å². The lowest BCUT2D eigenvalue weighted by atomic mass is 10.1. The first-order valence-corrected chi connectivity index (χ1v) is 6.36. The first-order valence-electron chi connectivity index (χ1n) is 6.36. The Kier molecular flexibility index (Phi) is 4.93. The highest BCUT2D eigenvalue weighted by atomic mass is 19.1. The van der Waals surface area contributed by atoms with Crippen molar-refractivity contribution < 1.29 is 9.13 Å². The maximum atomic E-state index is 13.7. The van der Waals surface area contributed by atoms with Crippen molar-refractivity contribution >= 4 is 0 Å². The zero-order valence-electron chi connectivity index (χ0n) is 11.0. The number of methoxy groups -OCH3 is 1. The molecule has 0 aliphatic heterocycles. The SMILES string of the molecule is COc1ccc(CCNCc2ccccc2)c(F)c1. The predicted octanol–water partition coefficient (Wildman–Crippen LogP) is 3.17. The van der Waals surface area contributed by atoms with Crippen LogP contribution in [-0.4, -0.2) is 13.7 Å². The maximum Gasteiger partial charge on any atom is 0.130 e. The lowest BCUT2D eigenvalue weighted by molar-refractivity contribution is 0.410. The molecular weight excluding hydrogens is 241 g/mol. The summed E-state index contributed by atoms with van der Waals surface area (Å²) in [6.07, 6.45) is 0.669. The fraction of sp³-hybridized carbons (Fsp3) is 0.250. The summed E-state index contributed by atoms with van der Waals surface area (Å²) in [4.78, 5) is 0. The van der Waals surface area contributed by atoms with Crippen LogP contribution in [0.5, 0.6) is 5.75 Å². The molecule has 2 aromatic carbocycles. The lowest BCUT2D eigenvalue weighted by Gasteiger charge is -2.07. The number of ether oxygens (including phenoxy) is 1. The van der Waals surface area contributed by atoms with Gasteiger partial charge in [-0.2, -0.15) is 0 Å². The van der Waals surface area contributed by atoms with E-state index in [-0.39, 0.29) is 5.82 Å². The van der Waals surface area contributed by atoms with Crippen LogP contribution in [0.25, 0.3) is 0 Å². The summed E-state index contributed by atoms with van der Waals surface area (Å²) >= 11 is 0. The Hall–Kier alpha value is -1.87. The summed E-state index contributed by atoms with van der Waals surface area (Å²) in [5.41, 5.74) is 1.94. The second kappa shape index (κ2) is 6.90. The van der Waals surface area contributed by atoms with Crippen LogP contribution in [-0.2, 0) is 13.0 Å². The average molecular weight is 259 g/mol. The van der Waals surface area contributed by atoms with Crippen molar-refractivity contribution in [2.45, 2.75) is 13.0 Å². The van der Waals surface area contributed by atoms with Crippen LogP contribution < -0.4 is 10.1 Å². The minimum atomic E-state index is -0.208. The van der Waals surface area contributed by atoms with Crippen molar-refractivity contribution in [3.8, 4) is 5.75 Å². The van der Waals surface area contributed by atoms with Crippen LogP contribution in [0, 0.1) is 5.82 Å². The Morgan fingerprint density at radius 2 is 1.89 bits per heavy atom. The third-order valence-electron chi connectivity index (χ3n) is 3.00. The van der Waals surface area contributed by atoms with Crippen molar-refractivity contribution in [2.24, 2.45) is 0 Å². The van der Waals surface area contributed by atoms with Crippen LogP contribution in [0.3, 0.4) is 0 Å². The summed E-state index contributed by atoms with van der Waals surface area (Å²) < 4.78 is 18.7. The Balaban J connectivity index is 1.80. The molecule has 100 valence electrons. The molecule has 19 heavy (non-hydrogen) atoms. The molecule has 0 radical (unpaired) electrons. The second-order valence-electron chi connectivity index (χ2n) is 4.37. The van der Waals surface area contributed by atoms with Crippen LogP contribution in [0.4, 0.5) is 4.39 Å². The fourth-order valence-corrected chi connectivity index (χ4v) is 1.91. The molecule has 0 spiro atoms. The van der Waals surface area contributed by atoms with Gasteiger partial charge >= 0.3 is 0 Å². The van der Waals surface area contributed by atoms with Gasteiger partial charge in [-0.15, -0.1) is 0 Å². The van der Waals surface area contributed by atoms with Gasteiger partial charge in [0.1, 0.15) is 11.6 Å². The van der Waals surface area contributed by atoms with Crippen molar-refractivity contribution in [3.05, 3.63) is 65.5 Å². The highest BCUT2D eigenvalue weighted by molar-refractivity contribution is 5.29. The van der Waals surface area contributed by atoms with Gasteiger partial charge in [-0.25, -0.2) is 4.39 Å².